The Morgan fingerprint density at radius 3 is 1.96 bits per heavy atom. The fourth-order valence-corrected chi connectivity index (χ4v) is 2.69. The number of hydrogen-bond donors (Lipinski definition) is 1. The standard InChI is InChI=1S/C21H25FN2O2/c1-3-13-24(14-4-2)21(26)18-9-7-17(8-10-18)20(25)23-15-16-5-11-19(22)12-6-16/h5-12H,3-4,13-15H2,1-2H3,(H,23,25). The molecule has 138 valence electrons. The van der Waals surface area contributed by atoms with Crippen molar-refractivity contribution in [2.24, 2.45) is 0 Å². The van der Waals surface area contributed by atoms with Crippen LogP contribution in [0.1, 0.15) is 53.0 Å². The highest BCUT2D eigenvalue weighted by molar-refractivity contribution is 5.97. The molecule has 0 aromatic heterocycles. The van der Waals surface area contributed by atoms with Gasteiger partial charge in [-0.15, -0.1) is 0 Å². The maximum absolute atomic E-state index is 12.9. The minimum Gasteiger partial charge on any atom is -0.348 e. The zero-order valence-corrected chi connectivity index (χ0v) is 15.3. The van der Waals surface area contributed by atoms with Gasteiger partial charge in [-0.3, -0.25) is 9.59 Å². The predicted molar refractivity (Wildman–Crippen MR) is 100 cm³/mol. The summed E-state index contributed by atoms with van der Waals surface area (Å²) >= 11 is 0. The first-order valence-corrected chi connectivity index (χ1v) is 8.97. The highest BCUT2D eigenvalue weighted by Gasteiger charge is 2.15. The van der Waals surface area contributed by atoms with Crippen LogP contribution in [0.4, 0.5) is 4.39 Å². The Hall–Kier alpha value is -2.69. The molecule has 2 amide bonds. The second-order valence-electron chi connectivity index (χ2n) is 6.18. The highest BCUT2D eigenvalue weighted by atomic mass is 19.1. The second-order valence-corrected chi connectivity index (χ2v) is 6.18. The number of nitrogens with one attached hydrogen (secondary N) is 1. The van der Waals surface area contributed by atoms with Gasteiger partial charge in [-0.1, -0.05) is 26.0 Å². The average molecular weight is 356 g/mol. The number of benzene rings is 2. The maximum atomic E-state index is 12.9. The van der Waals surface area contributed by atoms with Crippen LogP contribution in [0.25, 0.3) is 0 Å². The number of nitrogens with zero attached hydrogens (tertiary/aromatic N) is 1. The molecule has 0 atom stereocenters. The summed E-state index contributed by atoms with van der Waals surface area (Å²) in [5.74, 6) is -0.542. The van der Waals surface area contributed by atoms with Gasteiger partial charge in [0.15, 0.2) is 0 Å². The van der Waals surface area contributed by atoms with Crippen LogP contribution >= 0.6 is 0 Å². The van der Waals surface area contributed by atoms with Gasteiger partial charge < -0.3 is 10.2 Å². The molecule has 0 aliphatic heterocycles. The lowest BCUT2D eigenvalue weighted by Crippen LogP contribution is -2.32. The molecule has 2 aromatic rings. The lowest BCUT2D eigenvalue weighted by molar-refractivity contribution is 0.0755. The van der Waals surface area contributed by atoms with Crippen LogP contribution in [0.2, 0.25) is 0 Å². The van der Waals surface area contributed by atoms with Crippen molar-refractivity contribution in [2.45, 2.75) is 33.2 Å². The van der Waals surface area contributed by atoms with E-state index in [-0.39, 0.29) is 17.6 Å². The third-order valence-electron chi connectivity index (χ3n) is 4.03. The molecule has 4 nitrogen and oxygen atoms in total. The molecule has 5 heteroatoms. The van der Waals surface area contributed by atoms with Crippen molar-refractivity contribution in [1.82, 2.24) is 10.2 Å². The number of carbonyl (C=O) groups excluding carboxylic acids is 2. The van der Waals surface area contributed by atoms with Crippen LogP contribution in [0, 0.1) is 5.82 Å². The lowest BCUT2D eigenvalue weighted by Gasteiger charge is -2.21. The largest absolute Gasteiger partial charge is 0.348 e. The molecular formula is C21H25FN2O2. The molecule has 0 aliphatic carbocycles. The van der Waals surface area contributed by atoms with Crippen LogP contribution in [-0.4, -0.2) is 29.8 Å². The molecule has 0 fully saturated rings. The van der Waals surface area contributed by atoms with E-state index in [1.165, 1.54) is 12.1 Å². The van der Waals surface area contributed by atoms with Crippen molar-refractivity contribution in [3.05, 3.63) is 71.0 Å². The van der Waals surface area contributed by atoms with Crippen molar-refractivity contribution in [3.63, 3.8) is 0 Å². The molecule has 0 saturated heterocycles. The molecule has 0 heterocycles. The molecule has 0 radical (unpaired) electrons. The van der Waals surface area contributed by atoms with E-state index in [4.69, 9.17) is 0 Å². The Kier molecular flexibility index (Phi) is 7.33. The Morgan fingerprint density at radius 1 is 0.885 bits per heavy atom. The molecule has 2 rings (SSSR count). The van der Waals surface area contributed by atoms with Gasteiger partial charge in [-0.25, -0.2) is 4.39 Å². The first kappa shape index (κ1) is 19.6. The minimum atomic E-state index is -0.305. The van der Waals surface area contributed by atoms with Gasteiger partial charge in [0.1, 0.15) is 5.82 Å². The Morgan fingerprint density at radius 2 is 1.42 bits per heavy atom. The normalized spacial score (nSPS) is 10.4. The topological polar surface area (TPSA) is 49.4 Å². The van der Waals surface area contributed by atoms with Gasteiger partial charge in [0.2, 0.25) is 0 Å². The van der Waals surface area contributed by atoms with Crippen molar-refractivity contribution < 1.29 is 14.0 Å². The summed E-state index contributed by atoms with van der Waals surface area (Å²) in [5, 5.41) is 2.79. The van der Waals surface area contributed by atoms with Crippen LogP contribution in [-0.2, 0) is 6.54 Å². The molecule has 0 spiro atoms. The van der Waals surface area contributed by atoms with Crippen LogP contribution in [0.15, 0.2) is 48.5 Å². The molecule has 0 unspecified atom stereocenters. The Bertz CT molecular complexity index is 721. The van der Waals surface area contributed by atoms with Crippen LogP contribution in [0.3, 0.4) is 0 Å². The first-order valence-electron chi connectivity index (χ1n) is 8.97. The summed E-state index contributed by atoms with van der Waals surface area (Å²) in [6.45, 7) is 5.87. The van der Waals surface area contributed by atoms with E-state index in [0.717, 1.165) is 31.5 Å². The third kappa shape index (κ3) is 5.41. The Labute approximate surface area is 154 Å². The molecule has 0 aliphatic rings. The van der Waals surface area contributed by atoms with Crippen molar-refractivity contribution in [3.8, 4) is 0 Å². The molecular weight excluding hydrogens is 331 g/mol. The molecule has 0 bridgehead atoms. The number of amides is 2. The van der Waals surface area contributed by atoms with E-state index in [1.54, 1.807) is 36.4 Å². The maximum Gasteiger partial charge on any atom is 0.253 e. The van der Waals surface area contributed by atoms with E-state index in [1.807, 2.05) is 18.7 Å². The smallest absolute Gasteiger partial charge is 0.253 e. The van der Waals surface area contributed by atoms with Gasteiger partial charge in [0.25, 0.3) is 11.8 Å². The number of carbonyl (C=O) groups is 2. The van der Waals surface area contributed by atoms with Gasteiger partial charge >= 0.3 is 0 Å². The molecule has 0 saturated carbocycles. The van der Waals surface area contributed by atoms with Crippen molar-refractivity contribution >= 4 is 11.8 Å². The van der Waals surface area contributed by atoms with Crippen LogP contribution < -0.4 is 5.32 Å². The van der Waals surface area contributed by atoms with Crippen LogP contribution in [0.5, 0.6) is 0 Å². The summed E-state index contributed by atoms with van der Waals surface area (Å²) in [4.78, 5) is 26.6. The fraction of sp³-hybridized carbons (Fsp3) is 0.333. The number of rotatable bonds is 8. The van der Waals surface area contributed by atoms with E-state index < -0.39 is 0 Å². The van der Waals surface area contributed by atoms with Gasteiger partial charge in [0, 0.05) is 30.8 Å². The van der Waals surface area contributed by atoms with E-state index in [2.05, 4.69) is 5.32 Å². The van der Waals surface area contributed by atoms with Crippen molar-refractivity contribution in [1.29, 1.82) is 0 Å². The quantitative estimate of drug-likeness (QED) is 0.777. The van der Waals surface area contributed by atoms with E-state index in [9.17, 15) is 14.0 Å². The zero-order valence-electron chi connectivity index (χ0n) is 15.3. The predicted octanol–water partition coefficient (Wildman–Crippen LogP) is 4.02. The first-order chi connectivity index (χ1) is 12.5. The second kappa shape index (κ2) is 9.70. The van der Waals surface area contributed by atoms with Gasteiger partial charge in [-0.2, -0.15) is 0 Å². The Balaban J connectivity index is 1.97. The SMILES string of the molecule is CCCN(CCC)C(=O)c1ccc(C(=O)NCc2ccc(F)cc2)cc1. The van der Waals surface area contributed by atoms with Gasteiger partial charge in [-0.05, 0) is 54.8 Å². The van der Waals surface area contributed by atoms with Crippen molar-refractivity contribution in [2.75, 3.05) is 13.1 Å². The zero-order chi connectivity index (χ0) is 18.9. The lowest BCUT2D eigenvalue weighted by atomic mass is 10.1. The summed E-state index contributed by atoms with van der Waals surface area (Å²) < 4.78 is 12.9. The molecule has 2 aromatic carbocycles. The number of hydrogen-bond acceptors (Lipinski definition) is 2. The third-order valence-corrected chi connectivity index (χ3v) is 4.03. The summed E-state index contributed by atoms with van der Waals surface area (Å²) in [5.41, 5.74) is 1.89. The summed E-state index contributed by atoms with van der Waals surface area (Å²) in [7, 11) is 0. The summed E-state index contributed by atoms with van der Waals surface area (Å²) in [6, 6.07) is 12.7. The average Bonchev–Trinajstić information content (AvgIpc) is 2.66. The molecule has 26 heavy (non-hydrogen) atoms. The monoisotopic (exact) mass is 356 g/mol. The van der Waals surface area contributed by atoms with E-state index >= 15 is 0 Å². The highest BCUT2D eigenvalue weighted by Crippen LogP contribution is 2.10. The minimum absolute atomic E-state index is 0.00743. The van der Waals surface area contributed by atoms with E-state index in [0.29, 0.717) is 17.7 Å². The number of halogens is 1. The fourth-order valence-electron chi connectivity index (χ4n) is 2.69. The van der Waals surface area contributed by atoms with Gasteiger partial charge in [0.05, 0.1) is 0 Å². The molecule has 1 N–H and O–H groups in total. The summed E-state index contributed by atoms with van der Waals surface area (Å²) in [6.07, 6.45) is 1.82.